The molecule has 142 valence electrons. The average Bonchev–Trinajstić information content (AvgIpc) is 3.33. The standard InChI is InChI=1S/C22H19NO5/c1-14(21(24)25)23(20-11-6-12-27-20)22(26)28-13-19-17-9-4-2-7-15(17)16-8-3-5-10-18(16)19/h2-12,14,19H,13H2,1H3,(H,24,25)/t14-/m1/s1. The summed E-state index contributed by atoms with van der Waals surface area (Å²) in [5.74, 6) is -1.12. The first-order valence-electron chi connectivity index (χ1n) is 8.98. The van der Waals surface area contributed by atoms with Gasteiger partial charge in [0.1, 0.15) is 12.6 Å². The monoisotopic (exact) mass is 377 g/mol. The molecule has 0 spiro atoms. The molecule has 2 aromatic carbocycles. The maximum Gasteiger partial charge on any atom is 0.417 e. The van der Waals surface area contributed by atoms with E-state index in [4.69, 9.17) is 9.15 Å². The normalized spacial score (nSPS) is 13.5. The number of ether oxygens (including phenoxy) is 1. The van der Waals surface area contributed by atoms with Gasteiger partial charge in [-0.3, -0.25) is 0 Å². The molecule has 0 saturated carbocycles. The number of fused-ring (bicyclic) bond motifs is 3. The Hall–Kier alpha value is -3.54. The molecular weight excluding hydrogens is 358 g/mol. The SMILES string of the molecule is C[C@H](C(=O)O)N(C(=O)OCC1c2ccccc2-c2ccccc21)c1ccco1. The number of benzene rings is 2. The van der Waals surface area contributed by atoms with Crippen molar-refractivity contribution in [3.63, 3.8) is 0 Å². The van der Waals surface area contributed by atoms with Gasteiger partial charge in [0.15, 0.2) is 0 Å². The van der Waals surface area contributed by atoms with Gasteiger partial charge in [-0.05, 0) is 35.2 Å². The van der Waals surface area contributed by atoms with Crippen molar-refractivity contribution in [3.8, 4) is 11.1 Å². The van der Waals surface area contributed by atoms with Gasteiger partial charge in [-0.2, -0.15) is 0 Å². The highest BCUT2D eigenvalue weighted by atomic mass is 16.6. The Morgan fingerprint density at radius 2 is 1.64 bits per heavy atom. The number of hydrogen-bond acceptors (Lipinski definition) is 4. The Labute approximate surface area is 162 Å². The first-order valence-corrected chi connectivity index (χ1v) is 8.98. The van der Waals surface area contributed by atoms with E-state index in [1.165, 1.54) is 19.3 Å². The quantitative estimate of drug-likeness (QED) is 0.708. The van der Waals surface area contributed by atoms with E-state index in [0.717, 1.165) is 27.2 Å². The fourth-order valence-electron chi connectivity index (χ4n) is 3.62. The second-order valence-corrected chi connectivity index (χ2v) is 6.64. The summed E-state index contributed by atoms with van der Waals surface area (Å²) in [6.07, 6.45) is 0.625. The van der Waals surface area contributed by atoms with E-state index in [1.807, 2.05) is 36.4 Å². The Morgan fingerprint density at radius 1 is 1.04 bits per heavy atom. The molecule has 1 heterocycles. The molecule has 1 aliphatic rings. The summed E-state index contributed by atoms with van der Waals surface area (Å²) in [6, 6.07) is 18.0. The van der Waals surface area contributed by atoms with Crippen LogP contribution in [0.1, 0.15) is 24.0 Å². The van der Waals surface area contributed by atoms with Gasteiger partial charge in [-0.25, -0.2) is 14.5 Å². The summed E-state index contributed by atoms with van der Waals surface area (Å²) in [7, 11) is 0. The Morgan fingerprint density at radius 3 is 2.18 bits per heavy atom. The minimum absolute atomic E-state index is 0.102. The Balaban J connectivity index is 1.58. The molecular formula is C22H19NO5. The van der Waals surface area contributed by atoms with Crippen molar-refractivity contribution in [2.75, 3.05) is 11.5 Å². The highest BCUT2D eigenvalue weighted by molar-refractivity contribution is 5.93. The molecule has 0 bridgehead atoms. The zero-order chi connectivity index (χ0) is 19.7. The van der Waals surface area contributed by atoms with Crippen LogP contribution in [0.5, 0.6) is 0 Å². The number of carboxylic acid groups (broad SMARTS) is 1. The lowest BCUT2D eigenvalue weighted by Crippen LogP contribution is -2.44. The smallest absolute Gasteiger partial charge is 0.417 e. The molecule has 1 atom stereocenters. The van der Waals surface area contributed by atoms with Crippen LogP contribution in [0.4, 0.5) is 10.7 Å². The number of hydrogen-bond donors (Lipinski definition) is 1. The molecule has 0 saturated heterocycles. The number of amides is 1. The molecule has 1 amide bonds. The lowest BCUT2D eigenvalue weighted by Gasteiger charge is -2.24. The summed E-state index contributed by atoms with van der Waals surface area (Å²) in [4.78, 5) is 25.2. The van der Waals surface area contributed by atoms with Crippen LogP contribution >= 0.6 is 0 Å². The number of nitrogens with zero attached hydrogens (tertiary/aromatic N) is 1. The predicted octanol–water partition coefficient (Wildman–Crippen LogP) is 4.51. The molecule has 1 aromatic heterocycles. The highest BCUT2D eigenvalue weighted by Crippen LogP contribution is 2.44. The number of rotatable bonds is 5. The number of furan rings is 1. The highest BCUT2D eigenvalue weighted by Gasteiger charge is 2.33. The summed E-state index contributed by atoms with van der Waals surface area (Å²) >= 11 is 0. The van der Waals surface area contributed by atoms with Crippen molar-refractivity contribution in [1.82, 2.24) is 0 Å². The minimum Gasteiger partial charge on any atom is -0.480 e. The van der Waals surface area contributed by atoms with E-state index in [1.54, 1.807) is 6.07 Å². The second-order valence-electron chi connectivity index (χ2n) is 6.64. The lowest BCUT2D eigenvalue weighted by atomic mass is 9.98. The van der Waals surface area contributed by atoms with Crippen molar-refractivity contribution in [2.45, 2.75) is 18.9 Å². The number of carboxylic acids is 1. The zero-order valence-corrected chi connectivity index (χ0v) is 15.2. The average molecular weight is 377 g/mol. The van der Waals surface area contributed by atoms with E-state index in [2.05, 4.69) is 12.1 Å². The maximum absolute atomic E-state index is 12.7. The van der Waals surface area contributed by atoms with Gasteiger partial charge in [-0.1, -0.05) is 48.5 Å². The van der Waals surface area contributed by atoms with Crippen molar-refractivity contribution in [2.24, 2.45) is 0 Å². The number of carbonyl (C=O) groups is 2. The third-order valence-electron chi connectivity index (χ3n) is 5.02. The van der Waals surface area contributed by atoms with E-state index < -0.39 is 18.1 Å². The van der Waals surface area contributed by atoms with Crippen LogP contribution in [0.15, 0.2) is 71.3 Å². The van der Waals surface area contributed by atoms with Crippen molar-refractivity contribution >= 4 is 17.9 Å². The number of aliphatic carboxylic acids is 1. The van der Waals surface area contributed by atoms with Gasteiger partial charge < -0.3 is 14.3 Å². The van der Waals surface area contributed by atoms with Crippen LogP contribution in [0.3, 0.4) is 0 Å². The third kappa shape index (κ3) is 3.03. The van der Waals surface area contributed by atoms with E-state index >= 15 is 0 Å². The summed E-state index contributed by atoms with van der Waals surface area (Å²) < 4.78 is 10.8. The van der Waals surface area contributed by atoms with Gasteiger partial charge in [0, 0.05) is 12.0 Å². The maximum atomic E-state index is 12.7. The van der Waals surface area contributed by atoms with E-state index in [0.29, 0.717) is 0 Å². The Bertz CT molecular complexity index is 966. The van der Waals surface area contributed by atoms with Gasteiger partial charge in [0.25, 0.3) is 0 Å². The van der Waals surface area contributed by atoms with Crippen LogP contribution in [-0.4, -0.2) is 29.8 Å². The first kappa shape index (κ1) is 17.9. The lowest BCUT2D eigenvalue weighted by molar-refractivity contribution is -0.138. The zero-order valence-electron chi connectivity index (χ0n) is 15.2. The fraction of sp³-hybridized carbons (Fsp3) is 0.182. The molecule has 6 nitrogen and oxygen atoms in total. The van der Waals surface area contributed by atoms with Crippen molar-refractivity contribution in [3.05, 3.63) is 78.1 Å². The van der Waals surface area contributed by atoms with Crippen molar-refractivity contribution < 1.29 is 23.8 Å². The topological polar surface area (TPSA) is 80.0 Å². The Kier molecular flexibility index (Phi) is 4.61. The predicted molar refractivity (Wildman–Crippen MR) is 103 cm³/mol. The summed E-state index contributed by atoms with van der Waals surface area (Å²) in [6.45, 7) is 1.52. The molecule has 0 fully saturated rings. The number of carbonyl (C=O) groups excluding carboxylic acids is 1. The molecule has 1 aliphatic carbocycles. The van der Waals surface area contributed by atoms with Crippen LogP contribution in [0.25, 0.3) is 11.1 Å². The molecule has 0 radical (unpaired) electrons. The van der Waals surface area contributed by atoms with Crippen molar-refractivity contribution in [1.29, 1.82) is 0 Å². The van der Waals surface area contributed by atoms with Gasteiger partial charge in [0.2, 0.25) is 5.88 Å². The molecule has 6 heteroatoms. The fourth-order valence-corrected chi connectivity index (χ4v) is 3.62. The largest absolute Gasteiger partial charge is 0.480 e. The van der Waals surface area contributed by atoms with Gasteiger partial charge in [0.05, 0.1) is 6.26 Å². The van der Waals surface area contributed by atoms with Gasteiger partial charge >= 0.3 is 12.1 Å². The van der Waals surface area contributed by atoms with Crippen LogP contribution in [0.2, 0.25) is 0 Å². The molecule has 4 rings (SSSR count). The second kappa shape index (κ2) is 7.23. The van der Waals surface area contributed by atoms with Gasteiger partial charge in [-0.15, -0.1) is 0 Å². The molecule has 0 aliphatic heterocycles. The van der Waals surface area contributed by atoms with E-state index in [9.17, 15) is 14.7 Å². The van der Waals surface area contributed by atoms with Crippen LogP contribution in [-0.2, 0) is 9.53 Å². The molecule has 1 N–H and O–H groups in total. The minimum atomic E-state index is -1.15. The molecule has 0 unspecified atom stereocenters. The van der Waals surface area contributed by atoms with E-state index in [-0.39, 0.29) is 18.4 Å². The third-order valence-corrected chi connectivity index (χ3v) is 5.02. The van der Waals surface area contributed by atoms with Crippen LogP contribution < -0.4 is 4.90 Å². The number of anilines is 1. The molecule has 28 heavy (non-hydrogen) atoms. The summed E-state index contributed by atoms with van der Waals surface area (Å²) in [5.41, 5.74) is 4.43. The van der Waals surface area contributed by atoms with Crippen LogP contribution in [0, 0.1) is 0 Å². The first-order chi connectivity index (χ1) is 13.6. The summed E-state index contributed by atoms with van der Waals surface area (Å²) in [5, 5.41) is 9.35. The molecule has 3 aromatic rings.